The third kappa shape index (κ3) is 10.6. The number of esters is 3. The summed E-state index contributed by atoms with van der Waals surface area (Å²) in [6, 6.07) is -1.17. The second-order valence-corrected chi connectivity index (χ2v) is 17.6. The van der Waals surface area contributed by atoms with Gasteiger partial charge in [-0.2, -0.15) is 0 Å². The second kappa shape index (κ2) is 21.8. The number of carbonyl (C=O) groups is 6. The Morgan fingerprint density at radius 3 is 2.07 bits per heavy atom. The number of aromatic hydroxyl groups is 2. The summed E-state index contributed by atoms with van der Waals surface area (Å²) < 4.78 is 40.3. The van der Waals surface area contributed by atoms with E-state index in [2.05, 4.69) is 5.32 Å². The van der Waals surface area contributed by atoms with Crippen LogP contribution in [0.4, 0.5) is 5.69 Å². The number of Topliss-reactive ketones (excluding diaryl/α,β-unsaturated/α-hetero) is 1. The number of aliphatic hydroxyl groups excluding tert-OH is 2. The van der Waals surface area contributed by atoms with E-state index in [1.54, 1.807) is 47.6 Å². The zero-order valence-electron chi connectivity index (χ0n) is 40.3. The second-order valence-electron chi connectivity index (χ2n) is 17.6. The lowest BCUT2D eigenvalue weighted by Crippen LogP contribution is -2.50. The van der Waals surface area contributed by atoms with Crippen molar-refractivity contribution >= 4 is 52.0 Å². The fourth-order valence-corrected chi connectivity index (χ4v) is 9.06. The maximum Gasteiger partial charge on any atom is 0.328 e. The van der Waals surface area contributed by atoms with Crippen LogP contribution in [0.2, 0.25) is 0 Å². The molecule has 5 N–H and O–H groups in total. The fraction of sp³-hybridized carbons (Fsp3) is 0.551. The van der Waals surface area contributed by atoms with E-state index >= 15 is 0 Å². The van der Waals surface area contributed by atoms with Crippen molar-refractivity contribution in [3.63, 3.8) is 0 Å². The van der Waals surface area contributed by atoms with Crippen LogP contribution in [-0.4, -0.2) is 130 Å². The molecule has 19 heteroatoms. The zero-order chi connectivity index (χ0) is 50.5. The number of methoxy groups -OCH3 is 1. The lowest BCUT2D eigenvalue weighted by Gasteiger charge is -2.38. The van der Waals surface area contributed by atoms with Crippen LogP contribution in [0.1, 0.15) is 91.1 Å². The first-order valence-electron chi connectivity index (χ1n) is 22.7. The molecule has 0 aliphatic carbocycles. The normalized spacial score (nSPS) is 30.7. The lowest BCUT2D eigenvalue weighted by atomic mass is 9.78. The number of amides is 2. The van der Waals surface area contributed by atoms with E-state index in [4.69, 9.17) is 33.2 Å². The molecule has 0 spiro atoms. The Bertz CT molecular complexity index is 2350. The predicted octanol–water partition coefficient (Wildman–Crippen LogP) is 4.91. The molecular weight excluding hydrogens is 889 g/mol. The van der Waals surface area contributed by atoms with Gasteiger partial charge in [-0.1, -0.05) is 45.9 Å². The van der Waals surface area contributed by atoms with E-state index < -0.39 is 120 Å². The monoisotopic (exact) mass is 952 g/mol. The Hall–Kier alpha value is -6.18. The SMILES string of the molecule is CCOC(=O)C1CCC(C(=O)OCC)N1C(=O)COc1cc2c(O)c3c(O)c(C)c4c(c13)C(=O)[C@@](C)(O/C=C/[C@H](OC)[C@@H](C)[C@@H](OC(C)=O)[C@H](C)[C@H](O)[C@H](C)[C@@H](O)[C@@H](C)/C=C/C=C(/C)C(=O)N2)O4. The van der Waals surface area contributed by atoms with E-state index in [0.29, 0.717) is 0 Å². The number of nitrogens with one attached hydrogen (secondary N) is 1. The van der Waals surface area contributed by atoms with Crippen molar-refractivity contribution in [2.45, 2.75) is 124 Å². The van der Waals surface area contributed by atoms with E-state index in [-0.39, 0.29) is 70.7 Å². The van der Waals surface area contributed by atoms with Crippen molar-refractivity contribution in [1.29, 1.82) is 0 Å². The summed E-state index contributed by atoms with van der Waals surface area (Å²) in [4.78, 5) is 82.2. The van der Waals surface area contributed by atoms with Crippen LogP contribution < -0.4 is 14.8 Å². The quantitative estimate of drug-likeness (QED) is 0.127. The number of phenols is 2. The molecule has 68 heavy (non-hydrogen) atoms. The average molecular weight is 953 g/mol. The van der Waals surface area contributed by atoms with E-state index in [9.17, 15) is 49.2 Å². The number of carbonyl (C=O) groups excluding carboxylic acids is 6. The van der Waals surface area contributed by atoms with Crippen LogP contribution in [0.15, 0.2) is 42.2 Å². The minimum Gasteiger partial charge on any atom is -0.507 e. The molecule has 4 aliphatic heterocycles. The van der Waals surface area contributed by atoms with Crippen molar-refractivity contribution in [1.82, 2.24) is 4.90 Å². The van der Waals surface area contributed by atoms with Gasteiger partial charge >= 0.3 is 23.7 Å². The Morgan fingerprint density at radius 1 is 0.882 bits per heavy atom. The molecule has 4 aliphatic rings. The summed E-state index contributed by atoms with van der Waals surface area (Å²) in [5, 5.41) is 48.6. The molecule has 5 bridgehead atoms. The van der Waals surface area contributed by atoms with Crippen LogP contribution in [0, 0.1) is 30.6 Å². The standard InChI is InChI=1S/C49H64N2O17/c1-12-63-47(60)31-17-18-32(48(61)64-13-2)51(31)35(53)22-65-34-21-30-42(57)37-36(34)38-44(28(8)41(37)56)68-49(10,45(38)58)66-20-19-33(62-11)25(5)43(67-29(9)52)27(7)40(55)26(6)39(54)23(3)15-14-16-24(4)46(59)50-30/h14-16,19-21,23,25-27,31-33,39-40,43,54-57H,12-13,17-18,22H2,1-11H3,(H,50,59)/b15-14+,20-19+,24-16-/t23-,25+,26+,27+,31?,32?,33-,39-,40+,43+,49-/m0/s1. The Kier molecular flexibility index (Phi) is 17.0. The van der Waals surface area contributed by atoms with Gasteiger partial charge in [-0.25, -0.2) is 9.59 Å². The first kappa shape index (κ1) is 52.8. The van der Waals surface area contributed by atoms with E-state index in [0.717, 1.165) is 17.2 Å². The zero-order valence-corrected chi connectivity index (χ0v) is 40.3. The molecular formula is C49H64N2O17. The first-order valence-corrected chi connectivity index (χ1v) is 22.7. The molecule has 6 rings (SSSR count). The number of rotatable bonds is 9. The van der Waals surface area contributed by atoms with Crippen LogP contribution in [0.25, 0.3) is 10.8 Å². The molecule has 1 fully saturated rings. The number of hydrogen-bond acceptors (Lipinski definition) is 17. The summed E-state index contributed by atoms with van der Waals surface area (Å²) >= 11 is 0. The number of nitrogens with zero attached hydrogens (tertiary/aromatic N) is 1. The van der Waals surface area contributed by atoms with Gasteiger partial charge in [-0.15, -0.1) is 0 Å². The van der Waals surface area contributed by atoms with Crippen molar-refractivity contribution in [2.75, 3.05) is 32.2 Å². The molecule has 11 atom stereocenters. The van der Waals surface area contributed by atoms with Crippen LogP contribution >= 0.6 is 0 Å². The molecule has 2 aromatic carbocycles. The van der Waals surface area contributed by atoms with Gasteiger partial charge in [0.1, 0.15) is 35.4 Å². The van der Waals surface area contributed by atoms with Gasteiger partial charge in [0.15, 0.2) is 12.4 Å². The van der Waals surface area contributed by atoms with Crippen LogP contribution in [0.5, 0.6) is 23.0 Å². The van der Waals surface area contributed by atoms with E-state index in [1.165, 1.54) is 53.0 Å². The minimum absolute atomic E-state index is 0.00781. The van der Waals surface area contributed by atoms with Gasteiger partial charge in [0.05, 0.1) is 54.4 Å². The molecule has 0 saturated carbocycles. The smallest absolute Gasteiger partial charge is 0.328 e. The van der Waals surface area contributed by atoms with Gasteiger partial charge < -0.3 is 63.8 Å². The summed E-state index contributed by atoms with van der Waals surface area (Å²) in [7, 11) is 1.41. The highest BCUT2D eigenvalue weighted by molar-refractivity contribution is 6.21. The predicted molar refractivity (Wildman–Crippen MR) is 245 cm³/mol. The molecule has 19 nitrogen and oxygen atoms in total. The highest BCUT2D eigenvalue weighted by Crippen LogP contribution is 2.54. The third-order valence-corrected chi connectivity index (χ3v) is 13.0. The summed E-state index contributed by atoms with van der Waals surface area (Å²) in [6.07, 6.45) is 3.35. The number of aliphatic hydroxyl groups is 2. The average Bonchev–Trinajstić information content (AvgIpc) is 3.86. The third-order valence-electron chi connectivity index (χ3n) is 13.0. The van der Waals surface area contributed by atoms with E-state index in [1.807, 2.05) is 0 Å². The van der Waals surface area contributed by atoms with Crippen LogP contribution in [-0.2, 0) is 47.7 Å². The fourth-order valence-electron chi connectivity index (χ4n) is 9.06. The molecule has 2 aromatic rings. The number of fused-ring (bicyclic) bond motifs is 14. The number of likely N-dealkylation sites (tertiary alicyclic amines) is 1. The molecule has 1 saturated heterocycles. The molecule has 372 valence electrons. The highest BCUT2D eigenvalue weighted by Gasteiger charge is 2.50. The Labute approximate surface area is 395 Å². The number of allylic oxidation sites excluding steroid dienone is 2. The van der Waals surface area contributed by atoms with Gasteiger partial charge in [0.25, 0.3) is 17.6 Å². The Morgan fingerprint density at radius 2 is 1.50 bits per heavy atom. The maximum atomic E-state index is 14.7. The molecule has 4 heterocycles. The molecule has 0 radical (unpaired) electrons. The molecule has 2 amide bonds. The number of ether oxygens (including phenoxy) is 7. The summed E-state index contributed by atoms with van der Waals surface area (Å²) in [5.41, 5.74) is -0.430. The molecule has 0 aromatic heterocycles. The summed E-state index contributed by atoms with van der Waals surface area (Å²) in [5.74, 6) is -11.0. The number of hydrogen-bond donors (Lipinski definition) is 5. The van der Waals surface area contributed by atoms with Crippen molar-refractivity contribution in [2.24, 2.45) is 23.7 Å². The van der Waals surface area contributed by atoms with Gasteiger partial charge in [-0.05, 0) is 46.6 Å². The molecule has 2 unspecified atom stereocenters. The number of phenolic OH excluding ortho intramolecular Hbond substituents is 2. The minimum atomic E-state index is -2.14. The number of benzene rings is 2. The lowest BCUT2D eigenvalue weighted by molar-refractivity contribution is -0.161. The maximum absolute atomic E-state index is 14.7. The van der Waals surface area contributed by atoms with Gasteiger partial charge in [0, 0.05) is 67.2 Å². The van der Waals surface area contributed by atoms with Crippen molar-refractivity contribution in [3.8, 4) is 23.0 Å². The first-order chi connectivity index (χ1) is 32.0. The Balaban J connectivity index is 1.68. The van der Waals surface area contributed by atoms with Gasteiger partial charge in [-0.3, -0.25) is 19.2 Å². The van der Waals surface area contributed by atoms with Crippen molar-refractivity contribution < 1.29 is 82.4 Å². The highest BCUT2D eigenvalue weighted by atomic mass is 16.7. The largest absolute Gasteiger partial charge is 0.507 e. The van der Waals surface area contributed by atoms with Gasteiger partial charge in [0.2, 0.25) is 0 Å². The number of ketones is 1. The summed E-state index contributed by atoms with van der Waals surface area (Å²) in [6.45, 7) is 14.6. The number of anilines is 1. The van der Waals surface area contributed by atoms with Crippen molar-refractivity contribution in [3.05, 3.63) is 53.3 Å². The van der Waals surface area contributed by atoms with Crippen LogP contribution in [0.3, 0.4) is 0 Å². The topological polar surface area (TPSA) is 263 Å².